The van der Waals surface area contributed by atoms with Gasteiger partial charge in [-0.25, -0.2) is 0 Å². The number of halogens is 1. The van der Waals surface area contributed by atoms with Crippen LogP contribution in [0.1, 0.15) is 52.4 Å². The molecule has 0 saturated heterocycles. The van der Waals surface area contributed by atoms with Crippen LogP contribution in [-0.4, -0.2) is 25.1 Å². The van der Waals surface area contributed by atoms with Gasteiger partial charge in [-0.15, -0.1) is 24.0 Å². The van der Waals surface area contributed by atoms with Crippen LogP contribution in [-0.2, 0) is 0 Å². The van der Waals surface area contributed by atoms with Crippen LogP contribution in [0.3, 0.4) is 0 Å². The number of rotatable bonds is 2. The molecule has 1 atom stereocenters. The zero-order valence-electron chi connectivity index (χ0n) is 11.3. The van der Waals surface area contributed by atoms with Gasteiger partial charge >= 0.3 is 0 Å². The van der Waals surface area contributed by atoms with Crippen molar-refractivity contribution < 1.29 is 0 Å². The van der Waals surface area contributed by atoms with Crippen molar-refractivity contribution in [2.24, 2.45) is 10.4 Å². The monoisotopic (exact) mass is 351 g/mol. The highest BCUT2D eigenvalue weighted by molar-refractivity contribution is 14.0. The third-order valence-corrected chi connectivity index (χ3v) is 3.99. The second kappa shape index (κ2) is 6.25. The van der Waals surface area contributed by atoms with Crippen LogP contribution in [0.15, 0.2) is 4.99 Å². The number of hydrogen-bond acceptors (Lipinski definition) is 1. The van der Waals surface area contributed by atoms with Crippen molar-refractivity contribution in [1.29, 1.82) is 0 Å². The zero-order chi connectivity index (χ0) is 11.6. The van der Waals surface area contributed by atoms with Gasteiger partial charge in [0.1, 0.15) is 0 Å². The predicted molar refractivity (Wildman–Crippen MR) is 84.1 cm³/mol. The molecule has 2 aliphatic carbocycles. The van der Waals surface area contributed by atoms with Gasteiger partial charge in [-0.2, -0.15) is 0 Å². The van der Waals surface area contributed by atoms with E-state index in [9.17, 15) is 0 Å². The fraction of sp³-hybridized carbons (Fsp3) is 0.923. The fourth-order valence-corrected chi connectivity index (χ4v) is 2.49. The van der Waals surface area contributed by atoms with Gasteiger partial charge in [0.2, 0.25) is 0 Å². The molecule has 2 rings (SSSR count). The molecule has 0 amide bonds. The number of aliphatic imine (C=N–C) groups is 1. The summed E-state index contributed by atoms with van der Waals surface area (Å²) in [4.78, 5) is 4.32. The highest BCUT2D eigenvalue weighted by atomic mass is 127. The second-order valence-corrected chi connectivity index (χ2v) is 5.94. The van der Waals surface area contributed by atoms with Gasteiger partial charge in [-0.3, -0.25) is 4.99 Å². The first kappa shape index (κ1) is 15.1. The van der Waals surface area contributed by atoms with E-state index in [-0.39, 0.29) is 24.0 Å². The Labute approximate surface area is 122 Å². The summed E-state index contributed by atoms with van der Waals surface area (Å²) in [5.41, 5.74) is 0.462. The van der Waals surface area contributed by atoms with Crippen LogP contribution < -0.4 is 10.6 Å². The first-order chi connectivity index (χ1) is 7.62. The summed E-state index contributed by atoms with van der Waals surface area (Å²) in [5, 5.41) is 7.07. The molecule has 0 spiro atoms. The van der Waals surface area contributed by atoms with Gasteiger partial charge < -0.3 is 10.6 Å². The van der Waals surface area contributed by atoms with E-state index < -0.39 is 0 Å². The van der Waals surface area contributed by atoms with Crippen molar-refractivity contribution in [1.82, 2.24) is 10.6 Å². The van der Waals surface area contributed by atoms with Crippen molar-refractivity contribution in [2.75, 3.05) is 7.05 Å². The van der Waals surface area contributed by atoms with Crippen LogP contribution in [0, 0.1) is 5.41 Å². The molecular formula is C13H26IN3. The first-order valence-electron chi connectivity index (χ1n) is 6.62. The van der Waals surface area contributed by atoms with Crippen molar-refractivity contribution in [2.45, 2.75) is 64.5 Å². The summed E-state index contributed by atoms with van der Waals surface area (Å²) in [5.74, 6) is 1.00. The molecule has 17 heavy (non-hydrogen) atoms. The largest absolute Gasteiger partial charge is 0.354 e. The highest BCUT2D eigenvalue weighted by Crippen LogP contribution is 2.44. The average Bonchev–Trinajstić information content (AvgIpc) is 2.86. The molecule has 0 aromatic carbocycles. The molecule has 3 nitrogen and oxygen atoms in total. The lowest BCUT2D eigenvalue weighted by Gasteiger charge is -2.25. The van der Waals surface area contributed by atoms with Crippen molar-refractivity contribution >= 4 is 29.9 Å². The Balaban J connectivity index is 0.00000144. The van der Waals surface area contributed by atoms with E-state index in [4.69, 9.17) is 0 Å². The average molecular weight is 351 g/mol. The second-order valence-electron chi connectivity index (χ2n) is 5.94. The minimum absolute atomic E-state index is 0. The Morgan fingerprint density at radius 3 is 2.18 bits per heavy atom. The molecule has 2 N–H and O–H groups in total. The Kier molecular flexibility index (Phi) is 5.54. The summed E-state index contributed by atoms with van der Waals surface area (Å²) in [6, 6.07) is 1.25. The first-order valence-corrected chi connectivity index (χ1v) is 6.62. The van der Waals surface area contributed by atoms with E-state index in [2.05, 4.69) is 29.5 Å². The Bertz CT molecular complexity index is 270. The maximum Gasteiger partial charge on any atom is 0.191 e. The summed E-state index contributed by atoms with van der Waals surface area (Å²) >= 11 is 0. The Morgan fingerprint density at radius 2 is 1.71 bits per heavy atom. The van der Waals surface area contributed by atoms with Crippen molar-refractivity contribution in [3.63, 3.8) is 0 Å². The standard InChI is InChI=1S/C13H25N3.HI/c1-13(2)9-11(13)16-12(14-3)15-10-7-5-4-6-8-10;/h10-11H,4-9H2,1-3H3,(H2,14,15,16);1H. The topological polar surface area (TPSA) is 36.4 Å². The van der Waals surface area contributed by atoms with E-state index in [1.54, 1.807) is 0 Å². The molecule has 0 aromatic rings. The molecule has 0 bridgehead atoms. The lowest BCUT2D eigenvalue weighted by atomic mass is 9.96. The van der Waals surface area contributed by atoms with Gasteiger partial charge in [-0.05, 0) is 24.7 Å². The lowest BCUT2D eigenvalue weighted by molar-refractivity contribution is 0.409. The minimum atomic E-state index is 0. The zero-order valence-corrected chi connectivity index (χ0v) is 13.6. The molecule has 2 fully saturated rings. The van der Waals surface area contributed by atoms with Crippen molar-refractivity contribution in [3.05, 3.63) is 0 Å². The molecule has 0 aliphatic heterocycles. The molecule has 0 heterocycles. The fourth-order valence-electron chi connectivity index (χ4n) is 2.49. The van der Waals surface area contributed by atoms with Gasteiger partial charge in [0.15, 0.2) is 5.96 Å². The summed E-state index contributed by atoms with van der Waals surface area (Å²) in [6.07, 6.45) is 7.99. The van der Waals surface area contributed by atoms with E-state index >= 15 is 0 Å². The molecule has 2 saturated carbocycles. The maximum absolute atomic E-state index is 4.32. The molecule has 1 unspecified atom stereocenters. The number of hydrogen-bond donors (Lipinski definition) is 2. The smallest absolute Gasteiger partial charge is 0.191 e. The van der Waals surface area contributed by atoms with Crippen LogP contribution in [0.25, 0.3) is 0 Å². The predicted octanol–water partition coefficient (Wildman–Crippen LogP) is 2.90. The quantitative estimate of drug-likeness (QED) is 0.456. The molecule has 100 valence electrons. The van der Waals surface area contributed by atoms with E-state index in [1.165, 1.54) is 38.5 Å². The van der Waals surface area contributed by atoms with Crippen LogP contribution in [0.4, 0.5) is 0 Å². The van der Waals surface area contributed by atoms with E-state index in [1.807, 2.05) is 7.05 Å². The Morgan fingerprint density at radius 1 is 1.12 bits per heavy atom. The van der Waals surface area contributed by atoms with Crippen LogP contribution >= 0.6 is 24.0 Å². The molecule has 0 radical (unpaired) electrons. The Hall–Kier alpha value is 0. The normalized spacial score (nSPS) is 28.2. The summed E-state index contributed by atoms with van der Waals surface area (Å²) < 4.78 is 0. The molecular weight excluding hydrogens is 325 g/mol. The molecule has 0 aromatic heterocycles. The number of nitrogens with zero attached hydrogens (tertiary/aromatic N) is 1. The van der Waals surface area contributed by atoms with Crippen LogP contribution in [0.5, 0.6) is 0 Å². The van der Waals surface area contributed by atoms with Gasteiger partial charge in [0.25, 0.3) is 0 Å². The minimum Gasteiger partial charge on any atom is -0.354 e. The van der Waals surface area contributed by atoms with Gasteiger partial charge in [0, 0.05) is 19.1 Å². The highest BCUT2D eigenvalue weighted by Gasteiger charge is 2.46. The van der Waals surface area contributed by atoms with Crippen LogP contribution in [0.2, 0.25) is 0 Å². The van der Waals surface area contributed by atoms with E-state index in [0.717, 1.165) is 5.96 Å². The SMILES string of the molecule is CN=C(NC1CCCCC1)NC1CC1(C)C.I. The molecule has 2 aliphatic rings. The summed E-state index contributed by atoms with van der Waals surface area (Å²) in [7, 11) is 1.87. The number of nitrogens with one attached hydrogen (secondary N) is 2. The van der Waals surface area contributed by atoms with Crippen molar-refractivity contribution in [3.8, 4) is 0 Å². The summed E-state index contributed by atoms with van der Waals surface area (Å²) in [6.45, 7) is 4.61. The van der Waals surface area contributed by atoms with Gasteiger partial charge in [-0.1, -0.05) is 33.1 Å². The lowest BCUT2D eigenvalue weighted by Crippen LogP contribution is -2.45. The third kappa shape index (κ3) is 4.30. The molecule has 4 heteroatoms. The van der Waals surface area contributed by atoms with E-state index in [0.29, 0.717) is 17.5 Å². The maximum atomic E-state index is 4.32. The van der Waals surface area contributed by atoms with Gasteiger partial charge in [0.05, 0.1) is 0 Å². The number of guanidine groups is 1. The third-order valence-electron chi connectivity index (χ3n) is 3.99.